The Morgan fingerprint density at radius 1 is 1.39 bits per heavy atom. The van der Waals surface area contributed by atoms with Crippen molar-refractivity contribution in [1.29, 1.82) is 0 Å². The van der Waals surface area contributed by atoms with Crippen LogP contribution in [-0.4, -0.2) is 33.4 Å². The topological polar surface area (TPSA) is 66.0 Å². The first kappa shape index (κ1) is 16.3. The van der Waals surface area contributed by atoms with Gasteiger partial charge in [0.05, 0.1) is 22.9 Å². The molecule has 0 N–H and O–H groups in total. The molecule has 0 aliphatic rings. The average Bonchev–Trinajstić information content (AvgIpc) is 3.08. The molecule has 0 amide bonds. The molecule has 0 aliphatic heterocycles. The van der Waals surface area contributed by atoms with Crippen LogP contribution in [0.2, 0.25) is 5.02 Å². The van der Waals surface area contributed by atoms with Gasteiger partial charge in [-0.15, -0.1) is 0 Å². The molecule has 0 aliphatic carbocycles. The number of nitrogens with zero attached hydrogens (tertiary/aromatic N) is 4. The van der Waals surface area contributed by atoms with Gasteiger partial charge in [0, 0.05) is 18.7 Å². The number of halogens is 1. The smallest absolute Gasteiger partial charge is 0.239 e. The number of imidazole rings is 1. The van der Waals surface area contributed by atoms with Crippen LogP contribution in [-0.2, 0) is 11.3 Å². The standard InChI is InChI=1S/C15H17ClN4O2S/c1-9(14-17-10(2)19-22-14)23-15-18-12-8-11(16)4-5-13(12)20(15)6-7-21-3/h4-5,8-9H,6-7H2,1-3H3. The number of methoxy groups -OCH3 is 1. The molecule has 0 radical (unpaired) electrons. The molecule has 2 heterocycles. The van der Waals surface area contributed by atoms with Gasteiger partial charge >= 0.3 is 0 Å². The Kier molecular flexibility index (Phi) is 4.89. The molecule has 6 nitrogen and oxygen atoms in total. The molecule has 1 atom stereocenters. The predicted octanol–water partition coefficient (Wildman–Crippen LogP) is 3.88. The number of aryl methyl sites for hydroxylation is 1. The van der Waals surface area contributed by atoms with E-state index in [4.69, 9.17) is 25.8 Å². The van der Waals surface area contributed by atoms with Crippen molar-refractivity contribution in [3.63, 3.8) is 0 Å². The second-order valence-corrected chi connectivity index (χ2v) is 6.86. The Bertz CT molecular complexity index is 817. The van der Waals surface area contributed by atoms with E-state index >= 15 is 0 Å². The number of ether oxygens (including phenoxy) is 1. The van der Waals surface area contributed by atoms with Crippen molar-refractivity contribution in [3.8, 4) is 0 Å². The quantitative estimate of drug-likeness (QED) is 0.627. The minimum Gasteiger partial charge on any atom is -0.383 e. The highest BCUT2D eigenvalue weighted by atomic mass is 35.5. The number of aromatic nitrogens is 4. The molecule has 0 bridgehead atoms. The molecule has 3 aromatic rings. The molecule has 0 spiro atoms. The van der Waals surface area contributed by atoms with E-state index in [0.29, 0.717) is 29.9 Å². The van der Waals surface area contributed by atoms with E-state index in [0.717, 1.165) is 16.2 Å². The van der Waals surface area contributed by atoms with Gasteiger partial charge in [0.25, 0.3) is 0 Å². The van der Waals surface area contributed by atoms with Gasteiger partial charge in [-0.1, -0.05) is 28.5 Å². The highest BCUT2D eigenvalue weighted by molar-refractivity contribution is 7.99. The third kappa shape index (κ3) is 3.52. The molecule has 0 saturated heterocycles. The average molecular weight is 353 g/mol. The number of hydrogen-bond acceptors (Lipinski definition) is 6. The van der Waals surface area contributed by atoms with E-state index in [1.165, 1.54) is 0 Å². The minimum absolute atomic E-state index is 0.00443. The highest BCUT2D eigenvalue weighted by Crippen LogP contribution is 2.35. The monoisotopic (exact) mass is 352 g/mol. The molecule has 1 unspecified atom stereocenters. The summed E-state index contributed by atoms with van der Waals surface area (Å²) >= 11 is 7.65. The van der Waals surface area contributed by atoms with Crippen molar-refractivity contribution >= 4 is 34.4 Å². The third-order valence-corrected chi connectivity index (χ3v) is 4.68. The number of fused-ring (bicyclic) bond motifs is 1. The fraction of sp³-hybridized carbons (Fsp3) is 0.400. The lowest BCUT2D eigenvalue weighted by molar-refractivity contribution is 0.186. The van der Waals surface area contributed by atoms with E-state index in [2.05, 4.69) is 14.7 Å². The summed E-state index contributed by atoms with van der Waals surface area (Å²) in [7, 11) is 1.69. The number of hydrogen-bond donors (Lipinski definition) is 0. The molecule has 2 aromatic heterocycles. The van der Waals surface area contributed by atoms with Gasteiger partial charge in [0.2, 0.25) is 5.89 Å². The van der Waals surface area contributed by atoms with Crippen LogP contribution in [0, 0.1) is 6.92 Å². The van der Waals surface area contributed by atoms with Crippen LogP contribution in [0.15, 0.2) is 27.9 Å². The zero-order valence-corrected chi connectivity index (χ0v) is 14.7. The second kappa shape index (κ2) is 6.90. The van der Waals surface area contributed by atoms with E-state index in [-0.39, 0.29) is 5.25 Å². The number of rotatable bonds is 6. The summed E-state index contributed by atoms with van der Waals surface area (Å²) in [5.41, 5.74) is 1.90. The molecule has 122 valence electrons. The molecular formula is C15H17ClN4O2S. The van der Waals surface area contributed by atoms with Crippen LogP contribution in [0.5, 0.6) is 0 Å². The molecular weight excluding hydrogens is 336 g/mol. The fourth-order valence-corrected chi connectivity index (χ4v) is 3.40. The molecule has 8 heteroatoms. The summed E-state index contributed by atoms with van der Waals surface area (Å²) in [6, 6.07) is 5.71. The van der Waals surface area contributed by atoms with Crippen LogP contribution in [0.1, 0.15) is 23.9 Å². The maximum absolute atomic E-state index is 6.07. The normalized spacial score (nSPS) is 12.9. The highest BCUT2D eigenvalue weighted by Gasteiger charge is 2.19. The lowest BCUT2D eigenvalue weighted by Gasteiger charge is -2.10. The van der Waals surface area contributed by atoms with Crippen molar-refractivity contribution in [2.75, 3.05) is 13.7 Å². The first-order chi connectivity index (χ1) is 11.1. The van der Waals surface area contributed by atoms with Crippen LogP contribution >= 0.6 is 23.4 Å². The predicted molar refractivity (Wildman–Crippen MR) is 89.9 cm³/mol. The van der Waals surface area contributed by atoms with Crippen LogP contribution in [0.25, 0.3) is 11.0 Å². The lowest BCUT2D eigenvalue weighted by Crippen LogP contribution is -2.06. The van der Waals surface area contributed by atoms with Gasteiger partial charge in [0.1, 0.15) is 0 Å². The molecule has 0 saturated carbocycles. The van der Waals surface area contributed by atoms with E-state index in [1.54, 1.807) is 25.8 Å². The summed E-state index contributed by atoms with van der Waals surface area (Å²) in [6.45, 7) is 5.15. The summed E-state index contributed by atoms with van der Waals surface area (Å²) in [5, 5.41) is 5.40. The maximum atomic E-state index is 6.07. The van der Waals surface area contributed by atoms with Crippen molar-refractivity contribution in [2.45, 2.75) is 30.8 Å². The molecule has 3 rings (SSSR count). The fourth-order valence-electron chi connectivity index (χ4n) is 2.26. The van der Waals surface area contributed by atoms with Crippen LogP contribution < -0.4 is 0 Å². The van der Waals surface area contributed by atoms with Gasteiger partial charge in [-0.2, -0.15) is 4.98 Å². The zero-order valence-electron chi connectivity index (χ0n) is 13.1. The summed E-state index contributed by atoms with van der Waals surface area (Å²) < 4.78 is 12.6. The molecule has 0 fully saturated rings. The van der Waals surface area contributed by atoms with E-state index < -0.39 is 0 Å². The Labute approximate surface area is 143 Å². The Morgan fingerprint density at radius 3 is 2.91 bits per heavy atom. The summed E-state index contributed by atoms with van der Waals surface area (Å²) in [4.78, 5) is 8.98. The second-order valence-electron chi connectivity index (χ2n) is 5.11. The zero-order chi connectivity index (χ0) is 16.4. The van der Waals surface area contributed by atoms with Crippen molar-refractivity contribution in [1.82, 2.24) is 19.7 Å². The number of thioether (sulfide) groups is 1. The lowest BCUT2D eigenvalue weighted by atomic mass is 10.3. The third-order valence-electron chi connectivity index (χ3n) is 3.37. The summed E-state index contributed by atoms with van der Waals surface area (Å²) in [5.74, 6) is 1.22. The first-order valence-electron chi connectivity index (χ1n) is 7.20. The van der Waals surface area contributed by atoms with Crippen molar-refractivity contribution in [3.05, 3.63) is 34.9 Å². The molecule has 23 heavy (non-hydrogen) atoms. The van der Waals surface area contributed by atoms with E-state index in [9.17, 15) is 0 Å². The van der Waals surface area contributed by atoms with E-state index in [1.807, 2.05) is 25.1 Å². The maximum Gasteiger partial charge on any atom is 0.239 e. The Balaban J connectivity index is 1.94. The first-order valence-corrected chi connectivity index (χ1v) is 8.46. The van der Waals surface area contributed by atoms with Crippen molar-refractivity contribution < 1.29 is 9.26 Å². The van der Waals surface area contributed by atoms with Crippen LogP contribution in [0.3, 0.4) is 0 Å². The number of benzene rings is 1. The van der Waals surface area contributed by atoms with Gasteiger partial charge in [-0.25, -0.2) is 4.98 Å². The SMILES string of the molecule is COCCn1c(SC(C)c2nc(C)no2)nc2cc(Cl)ccc21. The van der Waals surface area contributed by atoms with Gasteiger partial charge < -0.3 is 13.8 Å². The van der Waals surface area contributed by atoms with Gasteiger partial charge in [-0.3, -0.25) is 0 Å². The largest absolute Gasteiger partial charge is 0.383 e. The Hall–Kier alpha value is -1.57. The minimum atomic E-state index is 0.00443. The Morgan fingerprint density at radius 2 is 2.22 bits per heavy atom. The molecule has 1 aromatic carbocycles. The van der Waals surface area contributed by atoms with Crippen molar-refractivity contribution in [2.24, 2.45) is 0 Å². The van der Waals surface area contributed by atoms with Crippen LogP contribution in [0.4, 0.5) is 0 Å². The summed E-state index contributed by atoms with van der Waals surface area (Å²) in [6.07, 6.45) is 0. The van der Waals surface area contributed by atoms with Gasteiger partial charge in [0.15, 0.2) is 11.0 Å². The van der Waals surface area contributed by atoms with Gasteiger partial charge in [-0.05, 0) is 32.0 Å².